The summed E-state index contributed by atoms with van der Waals surface area (Å²) in [4.78, 5) is 49.2. The Morgan fingerprint density at radius 2 is 1.93 bits per heavy atom. The number of amides is 5. The van der Waals surface area contributed by atoms with E-state index < -0.39 is 12.0 Å². The first-order valence-electron chi connectivity index (χ1n) is 9.51. The van der Waals surface area contributed by atoms with Crippen molar-refractivity contribution < 1.29 is 23.9 Å². The molecule has 1 saturated heterocycles. The second-order valence-corrected chi connectivity index (χ2v) is 6.59. The first kappa shape index (κ1) is 20.8. The number of anilines is 1. The number of nitrogens with zero attached hydrogens (tertiary/aromatic N) is 1. The molecule has 0 spiro atoms. The minimum absolute atomic E-state index is 0.0326. The predicted octanol–water partition coefficient (Wildman–Crippen LogP) is 2.49. The van der Waals surface area contributed by atoms with Gasteiger partial charge in [-0.1, -0.05) is 31.2 Å². The Kier molecular flexibility index (Phi) is 6.63. The summed E-state index contributed by atoms with van der Waals surface area (Å²) in [5, 5.41) is 7.81. The first-order valence-corrected chi connectivity index (χ1v) is 9.51. The molecule has 1 fully saturated rings. The number of carbonyl (C=O) groups is 4. The number of imide groups is 1. The lowest BCUT2D eigenvalue weighted by atomic mass is 10.1. The molecule has 9 heteroatoms. The van der Waals surface area contributed by atoms with Crippen LogP contribution in [0.4, 0.5) is 15.3 Å². The summed E-state index contributed by atoms with van der Waals surface area (Å²) < 4.78 is 5.45. The van der Waals surface area contributed by atoms with Crippen molar-refractivity contribution in [2.24, 2.45) is 0 Å². The summed E-state index contributed by atoms with van der Waals surface area (Å²) in [6.07, 6.45) is 0.815. The van der Waals surface area contributed by atoms with Crippen molar-refractivity contribution in [3.63, 3.8) is 0 Å². The van der Waals surface area contributed by atoms with Crippen LogP contribution in [0.1, 0.15) is 29.3 Å². The largest absolute Gasteiger partial charge is 0.423 e. The highest BCUT2D eigenvalue weighted by molar-refractivity contribution is 6.02. The van der Waals surface area contributed by atoms with Gasteiger partial charge in [0.25, 0.3) is 0 Å². The number of rotatable bonds is 7. The third kappa shape index (κ3) is 5.13. The molecule has 156 valence electrons. The van der Waals surface area contributed by atoms with E-state index in [1.165, 1.54) is 6.07 Å². The molecule has 0 bridgehead atoms. The van der Waals surface area contributed by atoms with E-state index in [9.17, 15) is 19.2 Å². The number of nitrogens with one attached hydrogen (secondary N) is 3. The van der Waals surface area contributed by atoms with E-state index >= 15 is 0 Å². The third-order valence-corrected chi connectivity index (χ3v) is 4.34. The fraction of sp³-hybridized carbons (Fsp3) is 0.238. The maximum Gasteiger partial charge on any atom is 0.343 e. The average Bonchev–Trinajstić information content (AvgIpc) is 3.05. The summed E-state index contributed by atoms with van der Waals surface area (Å²) in [5.41, 5.74) is 1.20. The quantitative estimate of drug-likeness (QED) is 0.368. The SMILES string of the molecule is CCCNC(=O)Nc1cccc(OC(=O)c2ccccc2CN2C(=O)CNC2=O)c1. The number of benzene rings is 2. The van der Waals surface area contributed by atoms with Crippen molar-refractivity contribution >= 4 is 29.6 Å². The van der Waals surface area contributed by atoms with Gasteiger partial charge in [-0.2, -0.15) is 0 Å². The number of carbonyl (C=O) groups excluding carboxylic acids is 4. The maximum absolute atomic E-state index is 12.7. The lowest BCUT2D eigenvalue weighted by Crippen LogP contribution is -2.31. The molecule has 9 nitrogen and oxygen atoms in total. The maximum atomic E-state index is 12.7. The second kappa shape index (κ2) is 9.55. The number of hydrogen-bond donors (Lipinski definition) is 3. The van der Waals surface area contributed by atoms with E-state index in [4.69, 9.17) is 4.74 Å². The molecule has 3 rings (SSSR count). The van der Waals surface area contributed by atoms with Crippen LogP contribution < -0.4 is 20.7 Å². The zero-order chi connectivity index (χ0) is 21.5. The van der Waals surface area contributed by atoms with Crippen molar-refractivity contribution in [2.45, 2.75) is 19.9 Å². The minimum atomic E-state index is -0.634. The topological polar surface area (TPSA) is 117 Å². The molecule has 0 aromatic heterocycles. The van der Waals surface area contributed by atoms with Crippen molar-refractivity contribution in [3.05, 3.63) is 59.7 Å². The van der Waals surface area contributed by atoms with Gasteiger partial charge in [-0.05, 0) is 30.2 Å². The highest BCUT2D eigenvalue weighted by Gasteiger charge is 2.29. The summed E-state index contributed by atoms with van der Waals surface area (Å²) in [5.74, 6) is -0.744. The Bertz CT molecular complexity index is 959. The highest BCUT2D eigenvalue weighted by Crippen LogP contribution is 2.21. The molecular weight excluding hydrogens is 388 g/mol. The molecule has 5 amide bonds. The molecule has 1 aliphatic heterocycles. The van der Waals surface area contributed by atoms with Gasteiger partial charge in [-0.3, -0.25) is 9.69 Å². The molecule has 0 radical (unpaired) electrons. The van der Waals surface area contributed by atoms with Crippen LogP contribution >= 0.6 is 0 Å². The summed E-state index contributed by atoms with van der Waals surface area (Å²) in [7, 11) is 0. The highest BCUT2D eigenvalue weighted by atomic mass is 16.5. The van der Waals surface area contributed by atoms with Gasteiger partial charge in [0.1, 0.15) is 5.75 Å². The normalized spacial score (nSPS) is 13.0. The Morgan fingerprint density at radius 1 is 1.13 bits per heavy atom. The van der Waals surface area contributed by atoms with Crippen LogP contribution in [-0.2, 0) is 11.3 Å². The molecule has 0 unspecified atom stereocenters. The van der Waals surface area contributed by atoms with Crippen LogP contribution in [0, 0.1) is 0 Å². The molecule has 30 heavy (non-hydrogen) atoms. The Labute approximate surface area is 173 Å². The van der Waals surface area contributed by atoms with E-state index in [1.807, 2.05) is 6.92 Å². The van der Waals surface area contributed by atoms with E-state index in [0.717, 1.165) is 11.3 Å². The Hall–Kier alpha value is -3.88. The zero-order valence-electron chi connectivity index (χ0n) is 16.4. The van der Waals surface area contributed by atoms with Gasteiger partial charge >= 0.3 is 18.0 Å². The first-order chi connectivity index (χ1) is 14.5. The smallest absolute Gasteiger partial charge is 0.343 e. The van der Waals surface area contributed by atoms with E-state index in [1.54, 1.807) is 42.5 Å². The van der Waals surface area contributed by atoms with Crippen LogP contribution in [0.5, 0.6) is 5.75 Å². The van der Waals surface area contributed by atoms with Crippen LogP contribution in [0.15, 0.2) is 48.5 Å². The van der Waals surface area contributed by atoms with Gasteiger partial charge in [0.05, 0.1) is 18.7 Å². The fourth-order valence-corrected chi connectivity index (χ4v) is 2.86. The standard InChI is InChI=1S/C21H22N4O5/c1-2-10-22-20(28)24-15-7-5-8-16(11-15)30-19(27)17-9-4-3-6-14(17)13-25-18(26)12-23-21(25)29/h3-9,11H,2,10,12-13H2,1H3,(H,23,29)(H2,22,24,28). The van der Waals surface area contributed by atoms with Crippen LogP contribution in [0.3, 0.4) is 0 Å². The molecule has 0 aliphatic carbocycles. The van der Waals surface area contributed by atoms with E-state index in [0.29, 0.717) is 17.8 Å². The predicted molar refractivity (Wildman–Crippen MR) is 109 cm³/mol. The number of ether oxygens (including phenoxy) is 1. The summed E-state index contributed by atoms with van der Waals surface area (Å²) >= 11 is 0. The number of esters is 1. The van der Waals surface area contributed by atoms with E-state index in [-0.39, 0.29) is 36.3 Å². The van der Waals surface area contributed by atoms with Crippen molar-refractivity contribution in [3.8, 4) is 5.75 Å². The molecule has 2 aromatic carbocycles. The third-order valence-electron chi connectivity index (χ3n) is 4.34. The van der Waals surface area contributed by atoms with Crippen molar-refractivity contribution in [1.82, 2.24) is 15.5 Å². The monoisotopic (exact) mass is 410 g/mol. The van der Waals surface area contributed by atoms with Crippen LogP contribution in [0.25, 0.3) is 0 Å². The fourth-order valence-electron chi connectivity index (χ4n) is 2.86. The zero-order valence-corrected chi connectivity index (χ0v) is 16.4. The number of hydrogen-bond acceptors (Lipinski definition) is 5. The summed E-state index contributed by atoms with van der Waals surface area (Å²) in [6, 6.07) is 12.2. The van der Waals surface area contributed by atoms with Gasteiger partial charge in [0, 0.05) is 18.3 Å². The van der Waals surface area contributed by atoms with Crippen molar-refractivity contribution in [2.75, 3.05) is 18.4 Å². The van der Waals surface area contributed by atoms with Gasteiger partial charge in [-0.15, -0.1) is 0 Å². The Balaban J connectivity index is 1.71. The lowest BCUT2D eigenvalue weighted by molar-refractivity contribution is -0.125. The number of urea groups is 2. The van der Waals surface area contributed by atoms with Gasteiger partial charge < -0.3 is 20.7 Å². The average molecular weight is 410 g/mol. The van der Waals surface area contributed by atoms with Crippen LogP contribution in [-0.4, -0.2) is 41.9 Å². The van der Waals surface area contributed by atoms with Gasteiger partial charge in [-0.25, -0.2) is 14.4 Å². The molecular formula is C21H22N4O5. The Morgan fingerprint density at radius 3 is 2.67 bits per heavy atom. The molecule has 1 heterocycles. The minimum Gasteiger partial charge on any atom is -0.423 e. The van der Waals surface area contributed by atoms with Crippen molar-refractivity contribution in [1.29, 1.82) is 0 Å². The molecule has 2 aromatic rings. The van der Waals surface area contributed by atoms with Gasteiger partial charge in [0.2, 0.25) is 5.91 Å². The lowest BCUT2D eigenvalue weighted by Gasteiger charge is -2.15. The summed E-state index contributed by atoms with van der Waals surface area (Å²) in [6.45, 7) is 2.41. The van der Waals surface area contributed by atoms with Crippen LogP contribution in [0.2, 0.25) is 0 Å². The molecule has 0 atom stereocenters. The molecule has 0 saturated carbocycles. The second-order valence-electron chi connectivity index (χ2n) is 6.59. The van der Waals surface area contributed by atoms with Gasteiger partial charge in [0.15, 0.2) is 0 Å². The molecule has 1 aliphatic rings. The molecule has 3 N–H and O–H groups in total. The van der Waals surface area contributed by atoms with E-state index in [2.05, 4.69) is 16.0 Å².